The average Bonchev–Trinajstić information content (AvgIpc) is 3.00. The molecule has 1 aliphatic carbocycles. The average molecular weight is 253 g/mol. The number of hydrogen-bond donors (Lipinski definition) is 1. The van der Waals surface area contributed by atoms with Crippen LogP contribution in [0.4, 0.5) is 0 Å². The van der Waals surface area contributed by atoms with Crippen LogP contribution in [0.5, 0.6) is 0 Å². The van der Waals surface area contributed by atoms with Gasteiger partial charge in [-0.2, -0.15) is 0 Å². The van der Waals surface area contributed by atoms with Gasteiger partial charge in [0.15, 0.2) is 0 Å². The Morgan fingerprint density at radius 1 is 1.17 bits per heavy atom. The van der Waals surface area contributed by atoms with E-state index in [2.05, 4.69) is 36.1 Å². The van der Waals surface area contributed by atoms with E-state index in [1.54, 1.807) is 0 Å². The van der Waals surface area contributed by atoms with Crippen molar-refractivity contribution in [2.45, 2.75) is 32.6 Å². The molecule has 2 fully saturated rings. The highest BCUT2D eigenvalue weighted by Crippen LogP contribution is 2.58. The van der Waals surface area contributed by atoms with Gasteiger partial charge >= 0.3 is 0 Å². The van der Waals surface area contributed by atoms with Crippen LogP contribution in [0, 0.1) is 11.3 Å². The van der Waals surface area contributed by atoms with E-state index >= 15 is 0 Å². The first-order valence-corrected chi connectivity index (χ1v) is 7.74. The van der Waals surface area contributed by atoms with Crippen molar-refractivity contribution in [1.82, 2.24) is 15.1 Å². The summed E-state index contributed by atoms with van der Waals surface area (Å²) in [6, 6.07) is 0. The van der Waals surface area contributed by atoms with E-state index in [0.717, 1.165) is 11.3 Å². The highest BCUT2D eigenvalue weighted by molar-refractivity contribution is 5.05. The third kappa shape index (κ3) is 3.69. The lowest BCUT2D eigenvalue weighted by Crippen LogP contribution is -2.33. The molecule has 106 valence electrons. The number of hydrogen-bond acceptors (Lipinski definition) is 3. The maximum absolute atomic E-state index is 3.50. The fraction of sp³-hybridized carbons (Fsp3) is 1.00. The molecule has 1 N–H and O–H groups in total. The summed E-state index contributed by atoms with van der Waals surface area (Å²) < 4.78 is 0. The van der Waals surface area contributed by atoms with Crippen molar-refractivity contribution in [3.63, 3.8) is 0 Å². The van der Waals surface area contributed by atoms with Gasteiger partial charge in [0.05, 0.1) is 0 Å². The fourth-order valence-corrected chi connectivity index (χ4v) is 3.53. The molecule has 0 amide bonds. The Morgan fingerprint density at radius 2 is 1.89 bits per heavy atom. The highest BCUT2D eigenvalue weighted by Gasteiger charge is 2.53. The Morgan fingerprint density at radius 3 is 2.50 bits per heavy atom. The minimum atomic E-state index is 0.750. The van der Waals surface area contributed by atoms with E-state index < -0.39 is 0 Å². The molecule has 2 aliphatic rings. The fourth-order valence-electron chi connectivity index (χ4n) is 3.53. The van der Waals surface area contributed by atoms with Crippen molar-refractivity contribution in [2.75, 3.05) is 53.4 Å². The van der Waals surface area contributed by atoms with E-state index in [0.29, 0.717) is 0 Å². The monoisotopic (exact) mass is 253 g/mol. The Labute approximate surface area is 113 Å². The predicted octanol–water partition coefficient (Wildman–Crippen LogP) is 1.65. The van der Waals surface area contributed by atoms with E-state index in [9.17, 15) is 0 Å². The first-order valence-electron chi connectivity index (χ1n) is 7.74. The quantitative estimate of drug-likeness (QED) is 0.744. The molecule has 1 saturated heterocycles. The van der Waals surface area contributed by atoms with Crippen LogP contribution in [-0.4, -0.2) is 63.2 Å². The SMILES string of the molecule is CCN(CCCN(C)C)CC1CC12CCNCC2. The molecule has 0 aromatic carbocycles. The molecule has 0 bridgehead atoms. The molecule has 1 saturated carbocycles. The molecular weight excluding hydrogens is 222 g/mol. The summed E-state index contributed by atoms with van der Waals surface area (Å²) in [4.78, 5) is 4.96. The first-order chi connectivity index (χ1) is 8.66. The molecular formula is C15H31N3. The smallest absolute Gasteiger partial charge is 0.00151 e. The standard InChI is InChI=1S/C15H31N3/c1-4-18(11-5-10-17(2)3)13-14-12-15(14)6-8-16-9-7-15/h14,16H,4-13H2,1-3H3. The summed E-state index contributed by atoms with van der Waals surface area (Å²) in [6.07, 6.45) is 5.65. The zero-order valence-corrected chi connectivity index (χ0v) is 12.5. The largest absolute Gasteiger partial charge is 0.317 e. The van der Waals surface area contributed by atoms with Crippen molar-refractivity contribution in [3.8, 4) is 0 Å². The van der Waals surface area contributed by atoms with Gasteiger partial charge in [-0.05, 0) is 83.8 Å². The molecule has 1 heterocycles. The summed E-state index contributed by atoms with van der Waals surface area (Å²) in [5.74, 6) is 0.999. The number of nitrogens with one attached hydrogen (secondary N) is 1. The highest BCUT2D eigenvalue weighted by atomic mass is 15.1. The van der Waals surface area contributed by atoms with Gasteiger partial charge in [-0.15, -0.1) is 0 Å². The van der Waals surface area contributed by atoms with Crippen LogP contribution in [0.2, 0.25) is 0 Å². The van der Waals surface area contributed by atoms with Gasteiger partial charge in [0.25, 0.3) is 0 Å². The lowest BCUT2D eigenvalue weighted by Gasteiger charge is -2.26. The van der Waals surface area contributed by atoms with E-state index in [1.807, 2.05) is 0 Å². The second-order valence-electron chi connectivity index (χ2n) is 6.56. The third-order valence-corrected chi connectivity index (χ3v) is 4.96. The Balaban J connectivity index is 1.68. The van der Waals surface area contributed by atoms with E-state index in [4.69, 9.17) is 0 Å². The van der Waals surface area contributed by atoms with Crippen LogP contribution in [0.1, 0.15) is 32.6 Å². The minimum absolute atomic E-state index is 0.750. The van der Waals surface area contributed by atoms with Gasteiger partial charge in [0, 0.05) is 6.54 Å². The molecule has 1 aliphatic heterocycles. The van der Waals surface area contributed by atoms with Gasteiger partial charge in [-0.1, -0.05) is 6.92 Å². The zero-order chi connectivity index (χ0) is 13.0. The van der Waals surface area contributed by atoms with Crippen LogP contribution in [0.15, 0.2) is 0 Å². The van der Waals surface area contributed by atoms with Crippen molar-refractivity contribution >= 4 is 0 Å². The molecule has 1 unspecified atom stereocenters. The Hall–Kier alpha value is -0.120. The van der Waals surface area contributed by atoms with Gasteiger partial charge in [-0.25, -0.2) is 0 Å². The lowest BCUT2D eigenvalue weighted by atomic mass is 9.92. The maximum atomic E-state index is 3.50. The summed E-state index contributed by atoms with van der Waals surface area (Å²) in [7, 11) is 4.34. The molecule has 3 heteroatoms. The summed E-state index contributed by atoms with van der Waals surface area (Å²) in [5, 5.41) is 3.50. The molecule has 18 heavy (non-hydrogen) atoms. The van der Waals surface area contributed by atoms with E-state index in [-0.39, 0.29) is 0 Å². The second kappa shape index (κ2) is 6.36. The van der Waals surface area contributed by atoms with Crippen LogP contribution in [0.3, 0.4) is 0 Å². The van der Waals surface area contributed by atoms with E-state index in [1.165, 1.54) is 65.0 Å². The molecule has 1 spiro atoms. The van der Waals surface area contributed by atoms with Crippen LogP contribution < -0.4 is 5.32 Å². The molecule has 0 aromatic heterocycles. The van der Waals surface area contributed by atoms with Crippen molar-refractivity contribution in [1.29, 1.82) is 0 Å². The van der Waals surface area contributed by atoms with Gasteiger partial charge in [0.1, 0.15) is 0 Å². The third-order valence-electron chi connectivity index (χ3n) is 4.96. The lowest BCUT2D eigenvalue weighted by molar-refractivity contribution is 0.227. The minimum Gasteiger partial charge on any atom is -0.317 e. The van der Waals surface area contributed by atoms with Crippen molar-refractivity contribution in [3.05, 3.63) is 0 Å². The summed E-state index contributed by atoms with van der Waals surface area (Å²) in [5.41, 5.74) is 0.750. The summed E-state index contributed by atoms with van der Waals surface area (Å²) in [6.45, 7) is 9.89. The normalized spacial score (nSPS) is 26.2. The molecule has 3 nitrogen and oxygen atoms in total. The van der Waals surface area contributed by atoms with Crippen molar-refractivity contribution < 1.29 is 0 Å². The number of rotatable bonds is 7. The number of piperidine rings is 1. The molecule has 2 rings (SSSR count). The summed E-state index contributed by atoms with van der Waals surface area (Å²) >= 11 is 0. The predicted molar refractivity (Wildman–Crippen MR) is 77.9 cm³/mol. The molecule has 0 aromatic rings. The van der Waals surface area contributed by atoms with Crippen LogP contribution >= 0.6 is 0 Å². The van der Waals surface area contributed by atoms with Gasteiger partial charge in [0.2, 0.25) is 0 Å². The van der Waals surface area contributed by atoms with Gasteiger partial charge < -0.3 is 15.1 Å². The van der Waals surface area contributed by atoms with Gasteiger partial charge in [-0.3, -0.25) is 0 Å². The zero-order valence-electron chi connectivity index (χ0n) is 12.5. The van der Waals surface area contributed by atoms with Crippen LogP contribution in [0.25, 0.3) is 0 Å². The Bertz CT molecular complexity index is 246. The molecule has 1 atom stereocenters. The van der Waals surface area contributed by atoms with Crippen molar-refractivity contribution in [2.24, 2.45) is 11.3 Å². The Kier molecular flexibility index (Phi) is 5.05. The topological polar surface area (TPSA) is 18.5 Å². The maximum Gasteiger partial charge on any atom is 0.00151 e. The number of nitrogens with zero attached hydrogens (tertiary/aromatic N) is 2. The van der Waals surface area contributed by atoms with Crippen LogP contribution in [-0.2, 0) is 0 Å². The molecule has 0 radical (unpaired) electrons. The second-order valence-corrected chi connectivity index (χ2v) is 6.56. The first kappa shape index (κ1) is 14.3.